The van der Waals surface area contributed by atoms with Crippen molar-refractivity contribution < 1.29 is 5.11 Å². The zero-order chi connectivity index (χ0) is 8.55. The fourth-order valence-corrected chi connectivity index (χ4v) is 2.93. The third-order valence-electron chi connectivity index (χ3n) is 3.79. The Hall–Kier alpha value is -0.0400. The lowest BCUT2D eigenvalue weighted by molar-refractivity contribution is 0.219. The van der Waals surface area contributed by atoms with Crippen LogP contribution in [0, 0.1) is 23.7 Å². The van der Waals surface area contributed by atoms with Gasteiger partial charge < -0.3 is 5.11 Å². The van der Waals surface area contributed by atoms with E-state index in [2.05, 4.69) is 6.92 Å². The first-order valence-electron chi connectivity index (χ1n) is 5.42. The second kappa shape index (κ2) is 3.37. The minimum atomic E-state index is 0.440. The largest absolute Gasteiger partial charge is 0.396 e. The molecule has 1 nitrogen and oxygen atoms in total. The van der Waals surface area contributed by atoms with Crippen molar-refractivity contribution in [2.24, 2.45) is 23.7 Å². The highest BCUT2D eigenvalue weighted by Gasteiger charge is 2.42. The fraction of sp³-hybridized carbons (Fsp3) is 1.00. The van der Waals surface area contributed by atoms with Crippen molar-refractivity contribution in [2.75, 3.05) is 6.61 Å². The zero-order valence-corrected chi connectivity index (χ0v) is 8.00. The summed E-state index contributed by atoms with van der Waals surface area (Å²) in [6.07, 6.45) is 7.05. The molecule has 1 N–H and O–H groups in total. The summed E-state index contributed by atoms with van der Waals surface area (Å²) >= 11 is 0. The molecule has 2 rings (SSSR count). The van der Waals surface area contributed by atoms with Gasteiger partial charge in [0, 0.05) is 6.61 Å². The van der Waals surface area contributed by atoms with E-state index in [0.717, 1.165) is 17.8 Å². The minimum absolute atomic E-state index is 0.440. The quantitative estimate of drug-likeness (QED) is 0.671. The van der Waals surface area contributed by atoms with Gasteiger partial charge in [0.15, 0.2) is 0 Å². The van der Waals surface area contributed by atoms with Crippen LogP contribution < -0.4 is 0 Å². The van der Waals surface area contributed by atoms with Gasteiger partial charge in [-0.05, 0) is 36.5 Å². The Morgan fingerprint density at radius 1 is 1.25 bits per heavy atom. The first-order chi connectivity index (χ1) is 5.81. The summed E-state index contributed by atoms with van der Waals surface area (Å²) in [7, 11) is 0. The van der Waals surface area contributed by atoms with E-state index in [-0.39, 0.29) is 0 Å². The highest BCUT2D eigenvalue weighted by molar-refractivity contribution is 4.92. The molecule has 2 fully saturated rings. The summed E-state index contributed by atoms with van der Waals surface area (Å²) in [5.41, 5.74) is 0. The highest BCUT2D eigenvalue weighted by atomic mass is 16.3. The first-order valence-corrected chi connectivity index (χ1v) is 5.42. The molecular weight excluding hydrogens is 148 g/mol. The van der Waals surface area contributed by atoms with Crippen LogP contribution in [0.1, 0.15) is 39.0 Å². The van der Waals surface area contributed by atoms with E-state index in [1.54, 1.807) is 0 Å². The number of hydrogen-bond acceptors (Lipinski definition) is 1. The van der Waals surface area contributed by atoms with Gasteiger partial charge in [0.2, 0.25) is 0 Å². The van der Waals surface area contributed by atoms with Gasteiger partial charge in [-0.25, -0.2) is 0 Å². The molecule has 0 aromatic rings. The summed E-state index contributed by atoms with van der Waals surface area (Å²) < 4.78 is 0. The molecule has 0 aromatic carbocycles. The van der Waals surface area contributed by atoms with E-state index < -0.39 is 0 Å². The summed E-state index contributed by atoms with van der Waals surface area (Å²) in [5.74, 6) is 3.49. The molecule has 2 aliphatic rings. The molecule has 0 heterocycles. The maximum absolute atomic E-state index is 8.97. The summed E-state index contributed by atoms with van der Waals surface area (Å²) in [4.78, 5) is 0. The average molecular weight is 168 g/mol. The van der Waals surface area contributed by atoms with E-state index in [1.807, 2.05) is 0 Å². The highest BCUT2D eigenvalue weighted by Crippen LogP contribution is 2.49. The van der Waals surface area contributed by atoms with Crippen molar-refractivity contribution in [1.29, 1.82) is 0 Å². The second-order valence-corrected chi connectivity index (χ2v) is 4.87. The lowest BCUT2D eigenvalue weighted by atomic mass is 9.79. The predicted molar refractivity (Wildman–Crippen MR) is 49.8 cm³/mol. The molecule has 0 aliphatic heterocycles. The van der Waals surface area contributed by atoms with Crippen molar-refractivity contribution in [3.8, 4) is 0 Å². The molecule has 2 aliphatic carbocycles. The van der Waals surface area contributed by atoms with Gasteiger partial charge in [-0.2, -0.15) is 0 Å². The Morgan fingerprint density at radius 3 is 2.67 bits per heavy atom. The molecule has 4 atom stereocenters. The van der Waals surface area contributed by atoms with Crippen LogP contribution in [-0.2, 0) is 0 Å². The second-order valence-electron chi connectivity index (χ2n) is 4.87. The SMILES string of the molecule is CC1CCCC(C2CC2CO)C1. The topological polar surface area (TPSA) is 20.2 Å². The van der Waals surface area contributed by atoms with Gasteiger partial charge in [-0.1, -0.05) is 26.2 Å². The lowest BCUT2D eigenvalue weighted by Gasteiger charge is -2.26. The number of aliphatic hydroxyl groups is 1. The van der Waals surface area contributed by atoms with Crippen LogP contribution in [0.15, 0.2) is 0 Å². The standard InChI is InChI=1S/C11H20O/c1-8-3-2-4-9(5-8)11-6-10(11)7-12/h8-12H,2-7H2,1H3. The van der Waals surface area contributed by atoms with Gasteiger partial charge >= 0.3 is 0 Å². The Balaban J connectivity index is 1.81. The number of aliphatic hydroxyl groups excluding tert-OH is 1. The molecular formula is C11H20O. The Labute approximate surface area is 75.2 Å². The lowest BCUT2D eigenvalue weighted by Crippen LogP contribution is -2.16. The van der Waals surface area contributed by atoms with E-state index in [9.17, 15) is 0 Å². The van der Waals surface area contributed by atoms with E-state index >= 15 is 0 Å². The minimum Gasteiger partial charge on any atom is -0.396 e. The molecule has 2 saturated carbocycles. The third-order valence-corrected chi connectivity index (χ3v) is 3.79. The van der Waals surface area contributed by atoms with Crippen LogP contribution in [0.25, 0.3) is 0 Å². The molecule has 12 heavy (non-hydrogen) atoms. The monoisotopic (exact) mass is 168 g/mol. The summed E-state index contributed by atoms with van der Waals surface area (Å²) in [6, 6.07) is 0. The molecule has 4 unspecified atom stereocenters. The predicted octanol–water partition coefficient (Wildman–Crippen LogP) is 2.44. The Morgan fingerprint density at radius 2 is 2.08 bits per heavy atom. The van der Waals surface area contributed by atoms with Crippen molar-refractivity contribution in [3.63, 3.8) is 0 Å². The van der Waals surface area contributed by atoms with Crippen LogP contribution in [0.3, 0.4) is 0 Å². The Kier molecular flexibility index (Phi) is 2.40. The molecule has 0 aromatic heterocycles. The van der Waals surface area contributed by atoms with Gasteiger partial charge in [-0.15, -0.1) is 0 Å². The van der Waals surface area contributed by atoms with Crippen LogP contribution in [-0.4, -0.2) is 11.7 Å². The van der Waals surface area contributed by atoms with Gasteiger partial charge in [-0.3, -0.25) is 0 Å². The van der Waals surface area contributed by atoms with Crippen LogP contribution in [0.5, 0.6) is 0 Å². The van der Waals surface area contributed by atoms with Gasteiger partial charge in [0.25, 0.3) is 0 Å². The number of hydrogen-bond donors (Lipinski definition) is 1. The molecule has 0 saturated heterocycles. The fourth-order valence-electron chi connectivity index (χ4n) is 2.93. The molecule has 0 bridgehead atoms. The third kappa shape index (κ3) is 1.66. The van der Waals surface area contributed by atoms with Crippen molar-refractivity contribution >= 4 is 0 Å². The van der Waals surface area contributed by atoms with Gasteiger partial charge in [0.1, 0.15) is 0 Å². The van der Waals surface area contributed by atoms with E-state index in [0.29, 0.717) is 12.5 Å². The smallest absolute Gasteiger partial charge is 0.0462 e. The first kappa shape index (κ1) is 8.55. The van der Waals surface area contributed by atoms with Crippen molar-refractivity contribution in [3.05, 3.63) is 0 Å². The van der Waals surface area contributed by atoms with E-state index in [4.69, 9.17) is 5.11 Å². The van der Waals surface area contributed by atoms with Crippen LogP contribution in [0.4, 0.5) is 0 Å². The van der Waals surface area contributed by atoms with Crippen molar-refractivity contribution in [2.45, 2.75) is 39.0 Å². The summed E-state index contributed by atoms with van der Waals surface area (Å²) in [6.45, 7) is 2.82. The molecule has 1 heteroatoms. The summed E-state index contributed by atoms with van der Waals surface area (Å²) in [5, 5.41) is 8.97. The molecule has 70 valence electrons. The van der Waals surface area contributed by atoms with E-state index in [1.165, 1.54) is 32.1 Å². The van der Waals surface area contributed by atoms with Crippen LogP contribution >= 0.6 is 0 Å². The average Bonchev–Trinajstić information content (AvgIpc) is 2.83. The Bertz CT molecular complexity index is 155. The number of rotatable bonds is 2. The zero-order valence-electron chi connectivity index (χ0n) is 8.00. The van der Waals surface area contributed by atoms with Gasteiger partial charge in [0.05, 0.1) is 0 Å². The normalized spacial score (nSPS) is 47.5. The molecule has 0 radical (unpaired) electrons. The van der Waals surface area contributed by atoms with Crippen LogP contribution in [0.2, 0.25) is 0 Å². The molecule has 0 spiro atoms. The maximum Gasteiger partial charge on any atom is 0.0462 e. The maximum atomic E-state index is 8.97. The molecule has 0 amide bonds. The van der Waals surface area contributed by atoms with Crippen molar-refractivity contribution in [1.82, 2.24) is 0 Å².